The van der Waals surface area contributed by atoms with E-state index in [2.05, 4.69) is 183 Å². The van der Waals surface area contributed by atoms with Crippen LogP contribution in [0, 0.1) is 5.92 Å². The molecule has 1 heterocycles. The van der Waals surface area contributed by atoms with Gasteiger partial charge in [-0.1, -0.05) is 185 Å². The van der Waals surface area contributed by atoms with Gasteiger partial charge in [0, 0.05) is 22.9 Å². The predicted molar refractivity (Wildman–Crippen MR) is 237 cm³/mol. The SMILES string of the molecule is CC1(C)c2cc3c(cc2C2C=C(C4=CCC(c5ccc(C6=CC(c7ccccc7)=NC(c7ccccc7)N6)cc5)C=C4)C=CC21)C1(CCCCC1)c1ccccc1-3. The van der Waals surface area contributed by atoms with Gasteiger partial charge in [-0.2, -0.15) is 0 Å². The Labute approximate surface area is 338 Å². The van der Waals surface area contributed by atoms with E-state index in [9.17, 15) is 0 Å². The van der Waals surface area contributed by atoms with Gasteiger partial charge in [0.25, 0.3) is 0 Å². The molecule has 280 valence electrons. The summed E-state index contributed by atoms with van der Waals surface area (Å²) in [6, 6.07) is 44.9. The van der Waals surface area contributed by atoms with Gasteiger partial charge in [0.1, 0.15) is 6.17 Å². The molecule has 0 bridgehead atoms. The molecule has 1 N–H and O–H groups in total. The number of allylic oxidation sites excluding steroid dienone is 9. The van der Waals surface area contributed by atoms with Crippen LogP contribution < -0.4 is 5.32 Å². The van der Waals surface area contributed by atoms with Crippen molar-refractivity contribution in [2.45, 2.75) is 81.2 Å². The summed E-state index contributed by atoms with van der Waals surface area (Å²) in [6.07, 6.45) is 24.5. The van der Waals surface area contributed by atoms with Crippen molar-refractivity contribution in [2.24, 2.45) is 10.9 Å². The van der Waals surface area contributed by atoms with Crippen LogP contribution in [0.5, 0.6) is 0 Å². The van der Waals surface area contributed by atoms with Gasteiger partial charge in [-0.3, -0.25) is 4.99 Å². The van der Waals surface area contributed by atoms with Crippen LogP contribution in [0.3, 0.4) is 0 Å². The molecule has 1 fully saturated rings. The second-order valence-corrected chi connectivity index (χ2v) is 17.8. The fraction of sp³-hybridized carbons (Fsp3) is 0.255. The van der Waals surface area contributed by atoms with E-state index in [-0.39, 0.29) is 17.0 Å². The Hall–Kier alpha value is -5.73. The van der Waals surface area contributed by atoms with E-state index in [4.69, 9.17) is 4.99 Å². The van der Waals surface area contributed by atoms with E-state index >= 15 is 0 Å². The summed E-state index contributed by atoms with van der Waals surface area (Å²) in [6.45, 7) is 4.97. The van der Waals surface area contributed by atoms with Crippen molar-refractivity contribution < 1.29 is 0 Å². The Balaban J connectivity index is 0.848. The molecule has 2 heteroatoms. The Morgan fingerprint density at radius 2 is 1.37 bits per heavy atom. The molecule has 0 saturated heterocycles. The van der Waals surface area contributed by atoms with Gasteiger partial charge in [0.15, 0.2) is 0 Å². The number of nitrogens with zero attached hydrogens (tertiary/aromatic N) is 1. The first-order chi connectivity index (χ1) is 28.0. The molecular weight excluding hydrogens is 689 g/mol. The summed E-state index contributed by atoms with van der Waals surface area (Å²) in [5, 5.41) is 3.72. The predicted octanol–water partition coefficient (Wildman–Crippen LogP) is 13.2. The second kappa shape index (κ2) is 13.4. The van der Waals surface area contributed by atoms with Crippen LogP contribution in [0.2, 0.25) is 0 Å². The first-order valence-corrected chi connectivity index (χ1v) is 21.3. The van der Waals surface area contributed by atoms with Crippen LogP contribution >= 0.6 is 0 Å². The largest absolute Gasteiger partial charge is 0.360 e. The Bertz CT molecular complexity index is 2570. The highest BCUT2D eigenvalue weighted by Crippen LogP contribution is 2.61. The maximum absolute atomic E-state index is 5.11. The molecule has 2 nitrogen and oxygen atoms in total. The molecule has 5 aliphatic carbocycles. The summed E-state index contributed by atoms with van der Waals surface area (Å²) in [5.41, 5.74) is 19.2. The van der Waals surface area contributed by atoms with Gasteiger partial charge in [0.05, 0.1) is 5.71 Å². The van der Waals surface area contributed by atoms with E-state index < -0.39 is 0 Å². The van der Waals surface area contributed by atoms with Gasteiger partial charge in [-0.25, -0.2) is 0 Å². The third-order valence-corrected chi connectivity index (χ3v) is 14.4. The van der Waals surface area contributed by atoms with Crippen molar-refractivity contribution in [3.05, 3.63) is 220 Å². The molecule has 0 aromatic heterocycles. The van der Waals surface area contributed by atoms with E-state index in [1.165, 1.54) is 65.5 Å². The van der Waals surface area contributed by atoms with Gasteiger partial charge in [-0.15, -0.1) is 0 Å². The summed E-state index contributed by atoms with van der Waals surface area (Å²) in [5.74, 6) is 1.24. The zero-order valence-electron chi connectivity index (χ0n) is 33.1. The number of aliphatic imine (C=N–C) groups is 1. The maximum Gasteiger partial charge on any atom is 0.145 e. The van der Waals surface area contributed by atoms with E-state index in [0.717, 1.165) is 29.0 Å². The molecule has 0 amide bonds. The quantitative estimate of drug-likeness (QED) is 0.191. The van der Waals surface area contributed by atoms with Gasteiger partial charge in [-0.05, 0) is 110 Å². The molecule has 1 aliphatic heterocycles. The van der Waals surface area contributed by atoms with Crippen LogP contribution in [0.25, 0.3) is 16.8 Å². The molecule has 5 aromatic carbocycles. The topological polar surface area (TPSA) is 24.4 Å². The zero-order chi connectivity index (χ0) is 38.1. The van der Waals surface area contributed by atoms with Crippen LogP contribution in [0.1, 0.15) is 115 Å². The van der Waals surface area contributed by atoms with Crippen LogP contribution in [0.4, 0.5) is 0 Å². The molecule has 4 unspecified atom stereocenters. The first kappa shape index (κ1) is 34.5. The highest BCUT2D eigenvalue weighted by atomic mass is 15.1. The molecule has 4 atom stereocenters. The lowest BCUT2D eigenvalue weighted by Gasteiger charge is -2.36. The lowest BCUT2D eigenvalue weighted by atomic mass is 9.67. The minimum atomic E-state index is -0.139. The standard InChI is InChI=1S/C55H50N2/c1-54(2)47-29-28-42(32-44(47)46-34-50-45(33-49(46)54)43-18-10-11-19-48(43)55(50)30-12-5-13-31-55)38-22-20-36(21-23-38)37-24-26-40(27-25-37)52-35-51(39-14-6-3-7-15-39)56-53(57-52)41-16-8-4-9-17-41/h3-4,6-11,14-20,22-29,32-36,44,47,53,57H,5,12-13,21,30-31H2,1-2H3. The molecule has 5 aromatic rings. The first-order valence-electron chi connectivity index (χ1n) is 21.3. The van der Waals surface area contributed by atoms with Crippen molar-refractivity contribution in [1.29, 1.82) is 0 Å². The zero-order valence-corrected chi connectivity index (χ0v) is 33.1. The van der Waals surface area contributed by atoms with Gasteiger partial charge < -0.3 is 5.32 Å². The van der Waals surface area contributed by atoms with Crippen LogP contribution in [0.15, 0.2) is 180 Å². The minimum absolute atomic E-state index is 0.0838. The molecule has 57 heavy (non-hydrogen) atoms. The molecular formula is C55H50N2. The van der Waals surface area contributed by atoms with Crippen molar-refractivity contribution in [2.75, 3.05) is 0 Å². The third-order valence-electron chi connectivity index (χ3n) is 14.4. The normalized spacial score (nSPS) is 24.6. The van der Waals surface area contributed by atoms with E-state index in [1.54, 1.807) is 22.3 Å². The average molecular weight is 739 g/mol. The maximum atomic E-state index is 5.11. The monoisotopic (exact) mass is 738 g/mol. The second-order valence-electron chi connectivity index (χ2n) is 17.8. The molecule has 6 aliphatic rings. The summed E-state index contributed by atoms with van der Waals surface area (Å²) in [4.78, 5) is 5.11. The third kappa shape index (κ3) is 5.63. The van der Waals surface area contributed by atoms with E-state index in [0.29, 0.717) is 17.8 Å². The Morgan fingerprint density at radius 1 is 0.632 bits per heavy atom. The fourth-order valence-corrected chi connectivity index (χ4v) is 11.3. The van der Waals surface area contributed by atoms with Gasteiger partial charge >= 0.3 is 0 Å². The Kier molecular flexibility index (Phi) is 8.14. The number of hydrogen-bond acceptors (Lipinski definition) is 2. The number of nitrogens with one attached hydrogen (secondary N) is 1. The highest BCUT2D eigenvalue weighted by Gasteiger charge is 2.49. The Morgan fingerprint density at radius 3 is 2.14 bits per heavy atom. The summed E-state index contributed by atoms with van der Waals surface area (Å²) in [7, 11) is 0. The van der Waals surface area contributed by atoms with Crippen molar-refractivity contribution in [3.63, 3.8) is 0 Å². The van der Waals surface area contributed by atoms with Gasteiger partial charge in [0.2, 0.25) is 0 Å². The number of fused-ring (bicyclic) bond motifs is 8. The molecule has 0 radical (unpaired) electrons. The number of rotatable bonds is 5. The number of hydrogen-bond donors (Lipinski definition) is 1. The van der Waals surface area contributed by atoms with Crippen molar-refractivity contribution in [1.82, 2.24) is 5.32 Å². The number of benzene rings is 5. The van der Waals surface area contributed by atoms with E-state index in [1.807, 2.05) is 0 Å². The van der Waals surface area contributed by atoms with Crippen LogP contribution in [-0.4, -0.2) is 5.71 Å². The molecule has 11 rings (SSSR count). The molecule has 1 spiro atoms. The smallest absolute Gasteiger partial charge is 0.145 e. The summed E-state index contributed by atoms with van der Waals surface area (Å²) >= 11 is 0. The fourth-order valence-electron chi connectivity index (χ4n) is 11.3. The van der Waals surface area contributed by atoms with Crippen molar-refractivity contribution >= 4 is 11.4 Å². The summed E-state index contributed by atoms with van der Waals surface area (Å²) < 4.78 is 0. The van der Waals surface area contributed by atoms with Crippen molar-refractivity contribution in [3.8, 4) is 11.1 Å². The lowest BCUT2D eigenvalue weighted by molar-refractivity contribution is 0.352. The average Bonchev–Trinajstić information content (AvgIpc) is 3.66. The van der Waals surface area contributed by atoms with Crippen LogP contribution in [-0.2, 0) is 10.8 Å². The highest BCUT2D eigenvalue weighted by molar-refractivity contribution is 6.13. The lowest BCUT2D eigenvalue weighted by Crippen LogP contribution is -2.28. The molecule has 1 saturated carbocycles. The minimum Gasteiger partial charge on any atom is -0.360 e.